The van der Waals surface area contributed by atoms with E-state index in [1.165, 1.54) is 64.3 Å². The molecule has 13 heavy (non-hydrogen) atoms. The van der Waals surface area contributed by atoms with Crippen LogP contribution < -0.4 is 5.32 Å². The van der Waals surface area contributed by atoms with Gasteiger partial charge in [-0.3, -0.25) is 0 Å². The van der Waals surface area contributed by atoms with Gasteiger partial charge >= 0.3 is 0 Å². The standard InChI is InChI=1S/C11H22BrN/c12-11-9-7-5-3-1-2-4-6-8-10-13-11/h11,13H,1-10H2/t11-/m0/s1. The Balaban J connectivity index is 2.11. The average molecular weight is 248 g/mol. The van der Waals surface area contributed by atoms with E-state index in [2.05, 4.69) is 21.2 Å². The number of hydrogen-bond donors (Lipinski definition) is 1. The van der Waals surface area contributed by atoms with Crippen LogP contribution in [0.5, 0.6) is 0 Å². The van der Waals surface area contributed by atoms with Gasteiger partial charge in [0.15, 0.2) is 0 Å². The van der Waals surface area contributed by atoms with Crippen LogP contribution in [0.15, 0.2) is 0 Å². The monoisotopic (exact) mass is 247 g/mol. The van der Waals surface area contributed by atoms with E-state index in [4.69, 9.17) is 0 Å². The molecule has 1 heterocycles. The van der Waals surface area contributed by atoms with Gasteiger partial charge < -0.3 is 5.32 Å². The zero-order chi connectivity index (χ0) is 9.36. The summed E-state index contributed by atoms with van der Waals surface area (Å²) in [6, 6.07) is 0. The highest BCUT2D eigenvalue weighted by Gasteiger charge is 2.03. The molecule has 0 aliphatic carbocycles. The Morgan fingerprint density at radius 1 is 0.769 bits per heavy atom. The van der Waals surface area contributed by atoms with Crippen molar-refractivity contribution in [1.29, 1.82) is 0 Å². The van der Waals surface area contributed by atoms with Gasteiger partial charge in [0.2, 0.25) is 0 Å². The topological polar surface area (TPSA) is 12.0 Å². The molecule has 0 saturated carbocycles. The van der Waals surface area contributed by atoms with Crippen LogP contribution in [0, 0.1) is 0 Å². The lowest BCUT2D eigenvalue weighted by Crippen LogP contribution is -2.24. The van der Waals surface area contributed by atoms with Crippen molar-refractivity contribution in [2.24, 2.45) is 0 Å². The quantitative estimate of drug-likeness (QED) is 0.507. The van der Waals surface area contributed by atoms with Crippen LogP contribution in [-0.2, 0) is 0 Å². The number of alkyl halides is 1. The summed E-state index contributed by atoms with van der Waals surface area (Å²) < 4.78 is 0. The molecular formula is C11H22BrN. The van der Waals surface area contributed by atoms with Gasteiger partial charge in [-0.1, -0.05) is 60.9 Å². The molecule has 0 unspecified atom stereocenters. The Hall–Kier alpha value is 0.440. The largest absolute Gasteiger partial charge is 0.305 e. The Kier molecular flexibility index (Phi) is 6.92. The predicted octanol–water partition coefficient (Wildman–Crippen LogP) is 3.82. The van der Waals surface area contributed by atoms with E-state index < -0.39 is 0 Å². The minimum absolute atomic E-state index is 0.562. The van der Waals surface area contributed by atoms with Gasteiger partial charge in [-0.25, -0.2) is 0 Å². The summed E-state index contributed by atoms with van der Waals surface area (Å²) in [6.45, 7) is 1.19. The van der Waals surface area contributed by atoms with E-state index in [0.717, 1.165) is 0 Å². The molecule has 0 spiro atoms. The average Bonchev–Trinajstić information content (AvgIpc) is 2.11. The fraction of sp³-hybridized carbons (Fsp3) is 1.00. The van der Waals surface area contributed by atoms with Crippen molar-refractivity contribution in [3.63, 3.8) is 0 Å². The summed E-state index contributed by atoms with van der Waals surface area (Å²) in [4.78, 5) is 0.562. The molecule has 0 amide bonds. The van der Waals surface area contributed by atoms with Crippen LogP contribution in [0.3, 0.4) is 0 Å². The molecular weight excluding hydrogens is 226 g/mol. The molecule has 0 aromatic carbocycles. The molecule has 0 radical (unpaired) electrons. The molecule has 1 fully saturated rings. The normalized spacial score (nSPS) is 28.8. The minimum Gasteiger partial charge on any atom is -0.305 e. The van der Waals surface area contributed by atoms with Gasteiger partial charge in [0.05, 0.1) is 4.95 Å². The molecule has 0 aromatic heterocycles. The van der Waals surface area contributed by atoms with Crippen LogP contribution in [0.2, 0.25) is 0 Å². The minimum atomic E-state index is 0.562. The fourth-order valence-corrected chi connectivity index (χ4v) is 2.42. The molecule has 0 aromatic rings. The molecule has 1 aliphatic heterocycles. The van der Waals surface area contributed by atoms with E-state index in [-0.39, 0.29) is 0 Å². The zero-order valence-corrected chi connectivity index (χ0v) is 10.1. The van der Waals surface area contributed by atoms with E-state index in [9.17, 15) is 0 Å². The lowest BCUT2D eigenvalue weighted by atomic mass is 10.1. The van der Waals surface area contributed by atoms with Gasteiger partial charge in [-0.15, -0.1) is 0 Å². The van der Waals surface area contributed by atoms with Crippen LogP contribution in [0.4, 0.5) is 0 Å². The lowest BCUT2D eigenvalue weighted by Gasteiger charge is -2.13. The first-order valence-corrected chi connectivity index (χ1v) is 6.68. The Labute approximate surface area is 90.8 Å². The maximum absolute atomic E-state index is 3.67. The predicted molar refractivity (Wildman–Crippen MR) is 62.3 cm³/mol. The number of nitrogens with one attached hydrogen (secondary N) is 1. The highest BCUT2D eigenvalue weighted by molar-refractivity contribution is 9.09. The van der Waals surface area contributed by atoms with Crippen molar-refractivity contribution in [2.45, 2.75) is 62.7 Å². The second-order valence-corrected chi connectivity index (χ2v) is 5.14. The molecule has 2 heteroatoms. The van der Waals surface area contributed by atoms with Crippen molar-refractivity contribution < 1.29 is 0 Å². The fourth-order valence-electron chi connectivity index (χ4n) is 1.87. The third-order valence-electron chi connectivity index (χ3n) is 2.75. The Morgan fingerprint density at radius 3 is 2.00 bits per heavy atom. The van der Waals surface area contributed by atoms with Gasteiger partial charge in [-0.2, -0.15) is 0 Å². The third-order valence-corrected chi connectivity index (χ3v) is 3.53. The van der Waals surface area contributed by atoms with Crippen LogP contribution in [-0.4, -0.2) is 11.5 Å². The van der Waals surface area contributed by atoms with Crippen LogP contribution >= 0.6 is 15.9 Å². The number of halogens is 1. The van der Waals surface area contributed by atoms with Crippen molar-refractivity contribution in [3.05, 3.63) is 0 Å². The maximum Gasteiger partial charge on any atom is 0.0630 e. The van der Waals surface area contributed by atoms with E-state index >= 15 is 0 Å². The van der Waals surface area contributed by atoms with E-state index in [0.29, 0.717) is 4.95 Å². The highest BCUT2D eigenvalue weighted by atomic mass is 79.9. The van der Waals surface area contributed by atoms with E-state index in [1.54, 1.807) is 0 Å². The first-order valence-electron chi connectivity index (χ1n) is 5.77. The van der Waals surface area contributed by atoms with Gasteiger partial charge in [0.25, 0.3) is 0 Å². The number of rotatable bonds is 0. The second kappa shape index (κ2) is 7.81. The summed E-state index contributed by atoms with van der Waals surface area (Å²) in [5, 5.41) is 3.52. The first kappa shape index (κ1) is 11.5. The molecule has 1 nitrogen and oxygen atoms in total. The molecule has 1 rings (SSSR count). The Bertz CT molecular complexity index is 105. The lowest BCUT2D eigenvalue weighted by molar-refractivity contribution is 0.500. The smallest absolute Gasteiger partial charge is 0.0630 e. The van der Waals surface area contributed by atoms with Gasteiger partial charge in [0.1, 0.15) is 0 Å². The van der Waals surface area contributed by atoms with Gasteiger partial charge in [0, 0.05) is 0 Å². The maximum atomic E-state index is 3.67. The zero-order valence-electron chi connectivity index (χ0n) is 8.53. The first-order chi connectivity index (χ1) is 6.39. The van der Waals surface area contributed by atoms with Crippen molar-refractivity contribution in [2.75, 3.05) is 6.54 Å². The second-order valence-electron chi connectivity index (χ2n) is 4.04. The summed E-state index contributed by atoms with van der Waals surface area (Å²) in [5.41, 5.74) is 0. The SMILES string of the molecule is Br[C@@H]1CCCCCCCCCCN1. The van der Waals surface area contributed by atoms with Crippen LogP contribution in [0.25, 0.3) is 0 Å². The molecule has 1 aliphatic rings. The summed E-state index contributed by atoms with van der Waals surface area (Å²) in [7, 11) is 0. The van der Waals surface area contributed by atoms with Crippen molar-refractivity contribution in [3.8, 4) is 0 Å². The third kappa shape index (κ3) is 6.50. The van der Waals surface area contributed by atoms with E-state index in [1.807, 2.05) is 0 Å². The molecule has 1 N–H and O–H groups in total. The summed E-state index contributed by atoms with van der Waals surface area (Å²) >= 11 is 3.67. The molecule has 78 valence electrons. The van der Waals surface area contributed by atoms with Crippen molar-refractivity contribution >= 4 is 15.9 Å². The summed E-state index contributed by atoms with van der Waals surface area (Å²) in [5.74, 6) is 0. The number of hydrogen-bond acceptors (Lipinski definition) is 1. The van der Waals surface area contributed by atoms with Crippen LogP contribution in [0.1, 0.15) is 57.8 Å². The molecule has 1 saturated heterocycles. The summed E-state index contributed by atoms with van der Waals surface area (Å²) in [6.07, 6.45) is 12.6. The Morgan fingerprint density at radius 2 is 1.31 bits per heavy atom. The van der Waals surface area contributed by atoms with Gasteiger partial charge in [-0.05, 0) is 19.4 Å². The highest BCUT2D eigenvalue weighted by Crippen LogP contribution is 2.14. The van der Waals surface area contributed by atoms with Crippen molar-refractivity contribution in [1.82, 2.24) is 5.32 Å². The molecule has 1 atom stereocenters. The molecule has 0 bridgehead atoms.